The lowest BCUT2D eigenvalue weighted by molar-refractivity contribution is -0.139. The Bertz CT molecular complexity index is 1130. The van der Waals surface area contributed by atoms with Gasteiger partial charge in [0.1, 0.15) is 6.04 Å². The SMILES string of the molecule is CSCCC(NC(=O)c1ccc(CNC(=O)Sc2cccnc2)cc1-c1ccccc1)C(=O)O. The van der Waals surface area contributed by atoms with Gasteiger partial charge in [-0.1, -0.05) is 36.4 Å². The van der Waals surface area contributed by atoms with Crippen LogP contribution < -0.4 is 10.6 Å². The summed E-state index contributed by atoms with van der Waals surface area (Å²) in [5.41, 5.74) is 2.68. The molecule has 34 heavy (non-hydrogen) atoms. The Balaban J connectivity index is 1.78. The molecule has 0 saturated carbocycles. The quantitative estimate of drug-likeness (QED) is 0.350. The minimum absolute atomic E-state index is 0.214. The number of hydrogen-bond donors (Lipinski definition) is 3. The zero-order valence-corrected chi connectivity index (χ0v) is 20.2. The number of carbonyl (C=O) groups is 3. The lowest BCUT2D eigenvalue weighted by atomic mass is 9.96. The smallest absolute Gasteiger partial charge is 0.326 e. The Morgan fingerprint density at radius 1 is 1.06 bits per heavy atom. The van der Waals surface area contributed by atoms with E-state index in [1.165, 1.54) is 11.8 Å². The molecule has 1 unspecified atom stereocenters. The molecule has 0 radical (unpaired) electrons. The lowest BCUT2D eigenvalue weighted by Gasteiger charge is -2.17. The van der Waals surface area contributed by atoms with E-state index in [4.69, 9.17) is 0 Å². The highest BCUT2D eigenvalue weighted by Crippen LogP contribution is 2.26. The van der Waals surface area contributed by atoms with Crippen molar-refractivity contribution in [3.63, 3.8) is 0 Å². The Morgan fingerprint density at radius 3 is 2.53 bits per heavy atom. The fourth-order valence-electron chi connectivity index (χ4n) is 3.21. The Hall–Kier alpha value is -3.30. The van der Waals surface area contributed by atoms with Crippen molar-refractivity contribution in [2.75, 3.05) is 12.0 Å². The van der Waals surface area contributed by atoms with Crippen LogP contribution in [0.3, 0.4) is 0 Å². The van der Waals surface area contributed by atoms with Gasteiger partial charge in [-0.25, -0.2) is 4.79 Å². The summed E-state index contributed by atoms with van der Waals surface area (Å²) in [7, 11) is 0. The van der Waals surface area contributed by atoms with Gasteiger partial charge in [-0.05, 0) is 71.1 Å². The van der Waals surface area contributed by atoms with Gasteiger partial charge in [0, 0.05) is 29.4 Å². The van der Waals surface area contributed by atoms with Crippen LogP contribution >= 0.6 is 23.5 Å². The van der Waals surface area contributed by atoms with Gasteiger partial charge < -0.3 is 15.7 Å². The number of amides is 2. The molecule has 1 heterocycles. The summed E-state index contributed by atoms with van der Waals surface area (Å²) >= 11 is 2.58. The van der Waals surface area contributed by atoms with Gasteiger partial charge >= 0.3 is 5.97 Å². The third kappa shape index (κ3) is 7.36. The molecule has 3 rings (SSSR count). The molecule has 7 nitrogen and oxygen atoms in total. The normalized spacial score (nSPS) is 11.4. The van der Waals surface area contributed by atoms with Crippen LogP contribution in [0.1, 0.15) is 22.3 Å². The molecule has 1 aromatic heterocycles. The lowest BCUT2D eigenvalue weighted by Crippen LogP contribution is -2.41. The summed E-state index contributed by atoms with van der Waals surface area (Å²) in [5.74, 6) is -0.887. The number of hydrogen-bond acceptors (Lipinski definition) is 6. The summed E-state index contributed by atoms with van der Waals surface area (Å²) in [6.45, 7) is 0.277. The number of aliphatic carboxylic acids is 1. The van der Waals surface area contributed by atoms with E-state index in [0.29, 0.717) is 23.3 Å². The van der Waals surface area contributed by atoms with Gasteiger partial charge in [0.25, 0.3) is 11.1 Å². The number of benzene rings is 2. The Morgan fingerprint density at radius 2 is 1.85 bits per heavy atom. The van der Waals surface area contributed by atoms with Gasteiger partial charge in [-0.3, -0.25) is 14.6 Å². The third-order valence-electron chi connectivity index (χ3n) is 4.91. The number of carboxylic acid groups (broad SMARTS) is 1. The fourth-order valence-corrected chi connectivity index (χ4v) is 4.30. The zero-order chi connectivity index (χ0) is 24.3. The number of aromatic nitrogens is 1. The number of thioether (sulfide) groups is 2. The van der Waals surface area contributed by atoms with Gasteiger partial charge in [0.15, 0.2) is 0 Å². The molecular weight excluding hydrogens is 470 g/mol. The van der Waals surface area contributed by atoms with E-state index in [1.54, 1.807) is 30.6 Å². The van der Waals surface area contributed by atoms with Crippen LogP contribution in [0.4, 0.5) is 4.79 Å². The zero-order valence-electron chi connectivity index (χ0n) is 18.6. The van der Waals surface area contributed by atoms with E-state index >= 15 is 0 Å². The summed E-state index contributed by atoms with van der Waals surface area (Å²) in [4.78, 5) is 41.7. The van der Waals surface area contributed by atoms with Crippen LogP contribution in [0.2, 0.25) is 0 Å². The van der Waals surface area contributed by atoms with E-state index in [1.807, 2.05) is 48.7 Å². The molecule has 2 amide bonds. The maximum absolute atomic E-state index is 13.0. The summed E-state index contributed by atoms with van der Waals surface area (Å²) in [6.07, 6.45) is 5.49. The summed E-state index contributed by atoms with van der Waals surface area (Å²) < 4.78 is 0. The maximum Gasteiger partial charge on any atom is 0.326 e. The Labute approximate surface area is 206 Å². The second kappa shape index (κ2) is 12.8. The minimum Gasteiger partial charge on any atom is -0.480 e. The van der Waals surface area contributed by atoms with Crippen molar-refractivity contribution < 1.29 is 19.5 Å². The third-order valence-corrected chi connectivity index (χ3v) is 6.36. The predicted octanol–water partition coefficient (Wildman–Crippen LogP) is 4.69. The van der Waals surface area contributed by atoms with Crippen molar-refractivity contribution in [2.45, 2.75) is 23.9 Å². The number of nitrogens with zero attached hydrogens (tertiary/aromatic N) is 1. The molecule has 0 spiro atoms. The van der Waals surface area contributed by atoms with Gasteiger partial charge in [-0.15, -0.1) is 0 Å². The molecule has 1 atom stereocenters. The highest BCUT2D eigenvalue weighted by atomic mass is 32.2. The average Bonchev–Trinajstić information content (AvgIpc) is 2.86. The number of rotatable bonds is 10. The van der Waals surface area contributed by atoms with Crippen LogP contribution in [0.15, 0.2) is 78.0 Å². The first kappa shape index (κ1) is 25.3. The second-order valence-corrected chi connectivity index (χ2v) is 9.36. The van der Waals surface area contributed by atoms with Crippen LogP contribution in [-0.4, -0.2) is 45.3 Å². The number of nitrogens with one attached hydrogen (secondary N) is 2. The minimum atomic E-state index is -1.06. The Kier molecular flexibility index (Phi) is 9.54. The molecule has 0 fully saturated rings. The number of pyridine rings is 1. The average molecular weight is 496 g/mol. The van der Waals surface area contributed by atoms with Crippen LogP contribution in [0.5, 0.6) is 0 Å². The van der Waals surface area contributed by atoms with Gasteiger partial charge in [0.05, 0.1) is 0 Å². The van der Waals surface area contributed by atoms with Crippen molar-refractivity contribution >= 4 is 40.6 Å². The number of carbonyl (C=O) groups excluding carboxylic acids is 2. The molecule has 2 aromatic carbocycles. The van der Waals surface area contributed by atoms with Crippen molar-refractivity contribution in [2.24, 2.45) is 0 Å². The summed E-state index contributed by atoms with van der Waals surface area (Å²) in [6, 6.07) is 17.3. The largest absolute Gasteiger partial charge is 0.480 e. The molecule has 0 aliphatic carbocycles. The number of carboxylic acids is 1. The topological polar surface area (TPSA) is 108 Å². The molecule has 9 heteroatoms. The van der Waals surface area contributed by atoms with Gasteiger partial charge in [-0.2, -0.15) is 11.8 Å². The second-order valence-electron chi connectivity index (χ2n) is 7.32. The molecule has 3 N–H and O–H groups in total. The molecular formula is C25H25N3O4S2. The van der Waals surface area contributed by atoms with E-state index in [9.17, 15) is 19.5 Å². The van der Waals surface area contributed by atoms with Crippen molar-refractivity contribution in [1.29, 1.82) is 0 Å². The fraction of sp³-hybridized carbons (Fsp3) is 0.200. The van der Waals surface area contributed by atoms with Crippen LogP contribution in [-0.2, 0) is 11.3 Å². The first-order valence-electron chi connectivity index (χ1n) is 10.5. The van der Waals surface area contributed by atoms with E-state index in [0.717, 1.165) is 27.8 Å². The first-order valence-corrected chi connectivity index (χ1v) is 12.8. The molecule has 0 bridgehead atoms. The van der Waals surface area contributed by atoms with Crippen LogP contribution in [0, 0.1) is 0 Å². The first-order chi connectivity index (χ1) is 16.5. The predicted molar refractivity (Wildman–Crippen MR) is 136 cm³/mol. The monoisotopic (exact) mass is 495 g/mol. The van der Waals surface area contributed by atoms with Gasteiger partial charge in [0.2, 0.25) is 0 Å². The van der Waals surface area contributed by atoms with Crippen molar-refractivity contribution in [1.82, 2.24) is 15.6 Å². The highest BCUT2D eigenvalue weighted by molar-refractivity contribution is 8.13. The molecule has 3 aromatic rings. The molecule has 0 aliphatic rings. The van der Waals surface area contributed by atoms with E-state index < -0.39 is 17.9 Å². The van der Waals surface area contributed by atoms with Crippen molar-refractivity contribution in [3.05, 3.63) is 84.2 Å². The van der Waals surface area contributed by atoms with E-state index in [2.05, 4.69) is 15.6 Å². The molecule has 176 valence electrons. The molecule has 0 saturated heterocycles. The van der Waals surface area contributed by atoms with Crippen LogP contribution in [0.25, 0.3) is 11.1 Å². The van der Waals surface area contributed by atoms with Crippen molar-refractivity contribution in [3.8, 4) is 11.1 Å². The highest BCUT2D eigenvalue weighted by Gasteiger charge is 2.22. The standard InChI is InChI=1S/C25H25N3O4S2/c1-33-13-11-22(24(30)31)28-23(29)20-10-9-17(14-21(20)18-6-3-2-4-7-18)15-27-25(32)34-19-8-5-12-26-16-19/h2-10,12,14,16,22H,11,13,15H2,1H3,(H,27,32)(H,28,29)(H,30,31). The van der Waals surface area contributed by atoms with E-state index in [-0.39, 0.29) is 11.8 Å². The molecule has 0 aliphatic heterocycles. The summed E-state index contributed by atoms with van der Waals surface area (Å²) in [5, 5.41) is 14.8. The maximum atomic E-state index is 13.0.